The second kappa shape index (κ2) is 14.4. The maximum absolute atomic E-state index is 14.6. The lowest BCUT2D eigenvalue weighted by Gasteiger charge is -2.18. The highest BCUT2D eigenvalue weighted by atomic mass is 19.4. The summed E-state index contributed by atoms with van der Waals surface area (Å²) in [6.07, 6.45) is -6.93. The van der Waals surface area contributed by atoms with Crippen LogP contribution in [0, 0.1) is 20.2 Å². The van der Waals surface area contributed by atoms with Crippen molar-refractivity contribution in [2.24, 2.45) is 0 Å². The number of ether oxygens (including phenoxy) is 3. The maximum Gasteiger partial charge on any atom is 0.426 e. The molecule has 234 valence electrons. The van der Waals surface area contributed by atoms with E-state index in [-0.39, 0.29) is 36.7 Å². The molecule has 0 fully saturated rings. The molecule has 44 heavy (non-hydrogen) atoms. The Morgan fingerprint density at radius 1 is 0.909 bits per heavy atom. The fourth-order valence-electron chi connectivity index (χ4n) is 3.79. The number of alkyl halides is 5. The zero-order valence-electron chi connectivity index (χ0n) is 23.0. The minimum Gasteiger partial charge on any atom is -0.494 e. The Balaban J connectivity index is 1.52. The molecule has 0 bridgehead atoms. The van der Waals surface area contributed by atoms with Crippen LogP contribution in [0.5, 0.6) is 11.5 Å². The van der Waals surface area contributed by atoms with Crippen LogP contribution in [0.2, 0.25) is 0 Å². The van der Waals surface area contributed by atoms with E-state index in [2.05, 4.69) is 0 Å². The number of non-ortho nitro benzene ring substituents is 1. The van der Waals surface area contributed by atoms with Crippen molar-refractivity contribution < 1.29 is 50.8 Å². The van der Waals surface area contributed by atoms with Gasteiger partial charge in [-0.2, -0.15) is 22.0 Å². The Morgan fingerprint density at radius 3 is 2.14 bits per heavy atom. The van der Waals surface area contributed by atoms with E-state index >= 15 is 0 Å². The summed E-state index contributed by atoms with van der Waals surface area (Å²) >= 11 is 0. The van der Waals surface area contributed by atoms with E-state index < -0.39 is 57.4 Å². The molecule has 1 atom stereocenters. The van der Waals surface area contributed by atoms with Crippen molar-refractivity contribution in [1.29, 1.82) is 0 Å². The molecular weight excluding hydrogens is 599 g/mol. The maximum atomic E-state index is 14.6. The van der Waals surface area contributed by atoms with E-state index in [1.54, 1.807) is 6.92 Å². The van der Waals surface area contributed by atoms with Crippen LogP contribution in [-0.2, 0) is 15.6 Å². The van der Waals surface area contributed by atoms with Crippen LogP contribution in [0.1, 0.15) is 42.4 Å². The first-order valence-corrected chi connectivity index (χ1v) is 12.9. The molecule has 3 aromatic carbocycles. The second-order valence-corrected chi connectivity index (χ2v) is 9.40. The number of carbonyl (C=O) groups excluding carboxylic acids is 1. The number of hydrogen-bond donors (Lipinski definition) is 0. The zero-order chi connectivity index (χ0) is 32.5. The fourth-order valence-corrected chi connectivity index (χ4v) is 3.79. The Kier molecular flexibility index (Phi) is 10.9. The summed E-state index contributed by atoms with van der Waals surface area (Å²) in [6, 6.07) is 12.9. The summed E-state index contributed by atoms with van der Waals surface area (Å²) in [5.74, 6) is -1.51. The van der Waals surface area contributed by atoms with Crippen molar-refractivity contribution in [3.05, 3.63) is 110 Å². The summed E-state index contributed by atoms with van der Waals surface area (Å²) in [4.78, 5) is 32.9. The minimum atomic E-state index is -4.30. The lowest BCUT2D eigenvalue weighted by atomic mass is 9.99. The van der Waals surface area contributed by atoms with Gasteiger partial charge in [-0.05, 0) is 60.5 Å². The fraction of sp³-hybridized carbons (Fsp3) is 0.276. The van der Waals surface area contributed by atoms with Crippen molar-refractivity contribution in [2.45, 2.75) is 38.0 Å². The first kappa shape index (κ1) is 33.4. The summed E-state index contributed by atoms with van der Waals surface area (Å²) in [5.41, 5.74) is -0.858. The zero-order valence-corrected chi connectivity index (χ0v) is 23.0. The molecule has 0 aliphatic rings. The van der Waals surface area contributed by atoms with Gasteiger partial charge in [0.2, 0.25) is 0 Å². The minimum absolute atomic E-state index is 0.128. The lowest BCUT2D eigenvalue weighted by molar-refractivity contribution is -0.394. The highest BCUT2D eigenvalue weighted by Crippen LogP contribution is 2.33. The van der Waals surface area contributed by atoms with Crippen molar-refractivity contribution >= 4 is 23.4 Å². The van der Waals surface area contributed by atoms with Gasteiger partial charge in [0.15, 0.2) is 0 Å². The predicted molar refractivity (Wildman–Crippen MR) is 146 cm³/mol. The quantitative estimate of drug-likeness (QED) is 0.0445. The van der Waals surface area contributed by atoms with Crippen LogP contribution in [-0.4, -0.2) is 35.2 Å². The number of nitrogens with zero attached hydrogens (tertiary/aromatic N) is 2. The highest BCUT2D eigenvalue weighted by Gasteiger charge is 2.34. The van der Waals surface area contributed by atoms with Gasteiger partial charge in [-0.15, -0.1) is 0 Å². The monoisotopic (exact) mass is 624 g/mol. The number of hydrogen-bond acceptors (Lipinski definition) is 8. The molecule has 0 aliphatic heterocycles. The standard InChI is InChI=1S/C29H25F5N2O8/c1-19(25-13-8-22(35(38)39)17-26(25)36(40)41)18-43-27(37)14-5-20-3-9-24(10-4-20)44-29(33,34)21-6-11-23(12-7-21)42-16-2-15-28(30,31)32/h3-14,17,19H,2,15-16,18H2,1H3. The van der Waals surface area contributed by atoms with Crippen LogP contribution in [0.4, 0.5) is 33.3 Å². The summed E-state index contributed by atoms with van der Waals surface area (Å²) in [5, 5.41) is 22.2. The number of nitro groups is 2. The second-order valence-electron chi connectivity index (χ2n) is 9.40. The van der Waals surface area contributed by atoms with Gasteiger partial charge in [0, 0.05) is 30.0 Å². The van der Waals surface area contributed by atoms with Crippen LogP contribution >= 0.6 is 0 Å². The smallest absolute Gasteiger partial charge is 0.426 e. The van der Waals surface area contributed by atoms with Crippen molar-refractivity contribution in [3.63, 3.8) is 0 Å². The highest BCUT2D eigenvalue weighted by molar-refractivity contribution is 5.87. The third kappa shape index (κ3) is 10.0. The van der Waals surface area contributed by atoms with E-state index in [0.717, 1.165) is 30.3 Å². The molecule has 3 rings (SSSR count). The summed E-state index contributed by atoms with van der Waals surface area (Å²) < 4.78 is 80.9. The number of carbonyl (C=O) groups is 1. The largest absolute Gasteiger partial charge is 0.494 e. The molecule has 0 radical (unpaired) electrons. The topological polar surface area (TPSA) is 131 Å². The molecule has 0 aromatic heterocycles. The van der Waals surface area contributed by atoms with Crippen molar-refractivity contribution in [2.75, 3.05) is 13.2 Å². The van der Waals surface area contributed by atoms with Gasteiger partial charge >= 0.3 is 18.3 Å². The number of esters is 1. The third-order valence-electron chi connectivity index (χ3n) is 6.03. The molecule has 0 heterocycles. The summed E-state index contributed by atoms with van der Waals surface area (Å²) in [6.45, 7) is 1.07. The van der Waals surface area contributed by atoms with Gasteiger partial charge in [0.25, 0.3) is 11.4 Å². The van der Waals surface area contributed by atoms with Crippen LogP contribution in [0.25, 0.3) is 6.08 Å². The SMILES string of the molecule is CC(COC(=O)C=Cc1ccc(OC(F)(F)c2ccc(OCCCC(F)(F)F)cc2)cc1)c1ccc([N+](=O)[O-])cc1[N+](=O)[O-]. The first-order chi connectivity index (χ1) is 20.6. The van der Waals surface area contributed by atoms with Gasteiger partial charge in [-0.25, -0.2) is 4.79 Å². The van der Waals surface area contributed by atoms with Crippen LogP contribution in [0.15, 0.2) is 72.8 Å². The summed E-state index contributed by atoms with van der Waals surface area (Å²) in [7, 11) is 0. The average Bonchev–Trinajstić information content (AvgIpc) is 2.97. The van der Waals surface area contributed by atoms with Gasteiger partial charge in [0.05, 0.1) is 34.7 Å². The molecule has 0 saturated carbocycles. The first-order valence-electron chi connectivity index (χ1n) is 12.9. The average molecular weight is 625 g/mol. The molecule has 0 amide bonds. The lowest BCUT2D eigenvalue weighted by Crippen LogP contribution is -2.21. The Bertz CT molecular complexity index is 1490. The van der Waals surface area contributed by atoms with Crippen LogP contribution < -0.4 is 9.47 Å². The predicted octanol–water partition coefficient (Wildman–Crippen LogP) is 7.71. The van der Waals surface area contributed by atoms with Crippen LogP contribution in [0.3, 0.4) is 0 Å². The molecule has 0 spiro atoms. The molecule has 3 aromatic rings. The van der Waals surface area contributed by atoms with Gasteiger partial charge in [-0.1, -0.05) is 19.1 Å². The molecule has 15 heteroatoms. The number of nitro benzene ring substituents is 2. The Morgan fingerprint density at radius 2 is 1.55 bits per heavy atom. The Hall–Kier alpha value is -5.08. The molecular formula is C29H25F5N2O8. The molecule has 10 nitrogen and oxygen atoms in total. The third-order valence-corrected chi connectivity index (χ3v) is 6.03. The Labute approximate surface area is 247 Å². The molecule has 0 N–H and O–H groups in total. The van der Waals surface area contributed by atoms with E-state index in [1.165, 1.54) is 48.5 Å². The van der Waals surface area contributed by atoms with E-state index in [0.29, 0.717) is 5.56 Å². The number of rotatable bonds is 14. The van der Waals surface area contributed by atoms with E-state index in [4.69, 9.17) is 14.2 Å². The molecule has 0 saturated heterocycles. The molecule has 0 aliphatic carbocycles. The van der Waals surface area contributed by atoms with Gasteiger partial charge in [0.1, 0.15) is 11.5 Å². The van der Waals surface area contributed by atoms with Crippen molar-refractivity contribution in [3.8, 4) is 11.5 Å². The van der Waals surface area contributed by atoms with E-state index in [9.17, 15) is 47.0 Å². The van der Waals surface area contributed by atoms with E-state index in [1.807, 2.05) is 0 Å². The van der Waals surface area contributed by atoms with Gasteiger partial charge < -0.3 is 14.2 Å². The normalized spacial score (nSPS) is 12.5. The number of benzene rings is 3. The van der Waals surface area contributed by atoms with Gasteiger partial charge in [-0.3, -0.25) is 20.2 Å². The molecule has 1 unspecified atom stereocenters. The number of halogens is 5. The van der Waals surface area contributed by atoms with Crippen molar-refractivity contribution in [1.82, 2.24) is 0 Å².